The van der Waals surface area contributed by atoms with Crippen LogP contribution >= 0.6 is 0 Å². The van der Waals surface area contributed by atoms with Gasteiger partial charge in [0.15, 0.2) is 0 Å². The van der Waals surface area contributed by atoms with Gasteiger partial charge in [0.05, 0.1) is 6.61 Å². The zero-order valence-corrected chi connectivity index (χ0v) is 16.9. The third kappa shape index (κ3) is 4.82. The van der Waals surface area contributed by atoms with Crippen LogP contribution in [-0.4, -0.2) is 43.8 Å². The zero-order valence-electron chi connectivity index (χ0n) is 16.9. The Hall–Kier alpha value is -2.49. The van der Waals surface area contributed by atoms with Crippen LogP contribution in [0.3, 0.4) is 0 Å². The minimum Gasteiger partial charge on any atom is -0.449 e. The summed E-state index contributed by atoms with van der Waals surface area (Å²) in [6.07, 6.45) is 0.578. The maximum atomic E-state index is 12.4. The molecule has 0 bridgehead atoms. The molecule has 1 fully saturated rings. The maximum absolute atomic E-state index is 12.4. The van der Waals surface area contributed by atoms with Gasteiger partial charge in [-0.2, -0.15) is 0 Å². The van der Waals surface area contributed by atoms with Gasteiger partial charge in [-0.25, -0.2) is 4.79 Å². The number of hydrogen-bond acceptors (Lipinski definition) is 3. The summed E-state index contributed by atoms with van der Waals surface area (Å²) < 4.78 is 5.55. The molecule has 2 aromatic carbocycles. The van der Waals surface area contributed by atoms with Gasteiger partial charge >= 0.3 is 6.09 Å². The fourth-order valence-corrected chi connectivity index (χ4v) is 3.91. The molecule has 0 aromatic heterocycles. The Kier molecular flexibility index (Phi) is 6.04. The van der Waals surface area contributed by atoms with Crippen LogP contribution in [-0.2, 0) is 11.2 Å². The van der Waals surface area contributed by atoms with Gasteiger partial charge in [0.1, 0.15) is 0 Å². The first kappa shape index (κ1) is 19.3. The minimum atomic E-state index is -0.193. The van der Waals surface area contributed by atoms with Crippen molar-refractivity contribution in [1.82, 2.24) is 4.90 Å². The van der Waals surface area contributed by atoms with E-state index in [0.717, 1.165) is 19.5 Å². The summed E-state index contributed by atoms with van der Waals surface area (Å²) in [7, 11) is 0. The Morgan fingerprint density at radius 2 is 1.59 bits per heavy atom. The van der Waals surface area contributed by atoms with Crippen molar-refractivity contribution >= 4 is 11.8 Å². The van der Waals surface area contributed by atoms with Crippen LogP contribution in [0.2, 0.25) is 0 Å². The third-order valence-electron chi connectivity index (χ3n) is 5.32. The van der Waals surface area contributed by atoms with Crippen molar-refractivity contribution < 1.29 is 9.53 Å². The normalized spacial score (nSPS) is 14.4. The van der Waals surface area contributed by atoms with Gasteiger partial charge in [-0.05, 0) is 62.1 Å². The molecule has 0 aliphatic carbocycles. The Morgan fingerprint density at radius 3 is 2.22 bits per heavy atom. The van der Waals surface area contributed by atoms with Crippen LogP contribution in [0.25, 0.3) is 0 Å². The van der Waals surface area contributed by atoms with Crippen molar-refractivity contribution in [3.63, 3.8) is 0 Å². The Balaban J connectivity index is 1.47. The molecule has 4 nitrogen and oxygen atoms in total. The van der Waals surface area contributed by atoms with Gasteiger partial charge in [-0.3, -0.25) is 0 Å². The molecular formula is C23H30N2O2. The predicted molar refractivity (Wildman–Crippen MR) is 111 cm³/mol. The molecule has 0 atom stereocenters. The van der Waals surface area contributed by atoms with E-state index in [9.17, 15) is 4.79 Å². The molecule has 1 heterocycles. The fraction of sp³-hybridized carbons (Fsp3) is 0.435. The lowest BCUT2D eigenvalue weighted by molar-refractivity contribution is 0.101. The molecule has 1 aliphatic rings. The van der Waals surface area contributed by atoms with Crippen molar-refractivity contribution in [2.24, 2.45) is 0 Å². The number of nitrogens with zero attached hydrogens (tertiary/aromatic N) is 2. The smallest absolute Gasteiger partial charge is 0.409 e. The van der Waals surface area contributed by atoms with E-state index in [-0.39, 0.29) is 6.09 Å². The van der Waals surface area contributed by atoms with Crippen LogP contribution in [0.4, 0.5) is 10.5 Å². The van der Waals surface area contributed by atoms with Crippen molar-refractivity contribution in [2.45, 2.75) is 34.1 Å². The predicted octanol–water partition coefficient (Wildman–Crippen LogP) is 4.42. The van der Waals surface area contributed by atoms with Crippen molar-refractivity contribution in [2.75, 3.05) is 37.7 Å². The van der Waals surface area contributed by atoms with Crippen LogP contribution in [0.1, 0.15) is 27.8 Å². The first-order valence-electron chi connectivity index (χ1n) is 9.74. The summed E-state index contributed by atoms with van der Waals surface area (Å²) in [5.41, 5.74) is 7.60. The number of benzene rings is 2. The Bertz CT molecular complexity index is 785. The van der Waals surface area contributed by atoms with E-state index < -0.39 is 0 Å². The van der Waals surface area contributed by atoms with E-state index in [0.29, 0.717) is 19.7 Å². The summed E-state index contributed by atoms with van der Waals surface area (Å²) in [6.45, 7) is 12.0. The summed E-state index contributed by atoms with van der Waals surface area (Å²) in [6, 6.07) is 12.9. The second-order valence-corrected chi connectivity index (χ2v) is 7.55. The standard InChI is InChI=1S/C23H30N2O2/c1-17-6-5-7-21(16-17)24-9-11-25(12-10-24)23(26)27-13-8-22-19(3)14-18(2)15-20(22)4/h5-7,14-16H,8-13H2,1-4H3. The molecule has 0 unspecified atom stereocenters. The van der Waals surface area contributed by atoms with Crippen LogP contribution < -0.4 is 4.90 Å². The molecule has 1 aliphatic heterocycles. The molecule has 4 heteroatoms. The van der Waals surface area contributed by atoms with Gasteiger partial charge in [-0.15, -0.1) is 0 Å². The van der Waals surface area contributed by atoms with Gasteiger partial charge in [0.2, 0.25) is 0 Å². The number of carbonyl (C=O) groups is 1. The van der Waals surface area contributed by atoms with Gasteiger partial charge in [0.25, 0.3) is 0 Å². The second kappa shape index (κ2) is 8.47. The minimum absolute atomic E-state index is 0.193. The number of amides is 1. The van der Waals surface area contributed by atoms with Crippen LogP contribution in [0.15, 0.2) is 36.4 Å². The van der Waals surface area contributed by atoms with Crippen LogP contribution in [0.5, 0.6) is 0 Å². The van der Waals surface area contributed by atoms with Gasteiger partial charge in [-0.1, -0.05) is 29.8 Å². The van der Waals surface area contributed by atoms with E-state index in [4.69, 9.17) is 4.74 Å². The van der Waals surface area contributed by atoms with Crippen molar-refractivity contribution in [1.29, 1.82) is 0 Å². The topological polar surface area (TPSA) is 32.8 Å². The maximum Gasteiger partial charge on any atom is 0.409 e. The lowest BCUT2D eigenvalue weighted by atomic mass is 9.98. The fourth-order valence-electron chi connectivity index (χ4n) is 3.91. The van der Waals surface area contributed by atoms with E-state index in [1.165, 1.54) is 33.5 Å². The lowest BCUT2D eigenvalue weighted by Gasteiger charge is -2.35. The van der Waals surface area contributed by atoms with E-state index >= 15 is 0 Å². The lowest BCUT2D eigenvalue weighted by Crippen LogP contribution is -2.49. The average molecular weight is 367 g/mol. The largest absolute Gasteiger partial charge is 0.449 e. The number of anilines is 1. The zero-order chi connectivity index (χ0) is 19.4. The highest BCUT2D eigenvalue weighted by atomic mass is 16.6. The number of carbonyl (C=O) groups excluding carboxylic acids is 1. The first-order valence-corrected chi connectivity index (χ1v) is 9.74. The molecule has 1 amide bonds. The number of hydrogen-bond donors (Lipinski definition) is 0. The molecular weight excluding hydrogens is 336 g/mol. The van der Waals surface area contributed by atoms with E-state index in [1.807, 2.05) is 4.90 Å². The number of piperazine rings is 1. The van der Waals surface area contributed by atoms with Gasteiger partial charge < -0.3 is 14.5 Å². The third-order valence-corrected chi connectivity index (χ3v) is 5.32. The summed E-state index contributed by atoms with van der Waals surface area (Å²) in [5.74, 6) is 0. The van der Waals surface area contributed by atoms with Gasteiger partial charge in [0, 0.05) is 38.3 Å². The summed E-state index contributed by atoms with van der Waals surface area (Å²) in [4.78, 5) is 16.5. The molecule has 0 radical (unpaired) electrons. The SMILES string of the molecule is Cc1cccc(N2CCN(C(=O)OCCc3c(C)cc(C)cc3C)CC2)c1. The monoisotopic (exact) mass is 366 g/mol. The molecule has 144 valence electrons. The molecule has 0 spiro atoms. The molecule has 0 saturated carbocycles. The van der Waals surface area contributed by atoms with Crippen LogP contribution in [0, 0.1) is 27.7 Å². The summed E-state index contributed by atoms with van der Waals surface area (Å²) >= 11 is 0. The highest BCUT2D eigenvalue weighted by Gasteiger charge is 2.22. The van der Waals surface area contributed by atoms with E-state index in [2.05, 4.69) is 69.0 Å². The highest BCUT2D eigenvalue weighted by molar-refractivity contribution is 5.68. The van der Waals surface area contributed by atoms with Crippen molar-refractivity contribution in [3.8, 4) is 0 Å². The summed E-state index contributed by atoms with van der Waals surface area (Å²) in [5, 5.41) is 0. The molecule has 3 rings (SSSR count). The Labute approximate surface area is 162 Å². The second-order valence-electron chi connectivity index (χ2n) is 7.55. The number of rotatable bonds is 4. The molecule has 1 saturated heterocycles. The number of ether oxygens (including phenoxy) is 1. The Morgan fingerprint density at radius 1 is 0.926 bits per heavy atom. The number of aryl methyl sites for hydroxylation is 4. The first-order chi connectivity index (χ1) is 12.9. The molecule has 0 N–H and O–H groups in total. The average Bonchev–Trinajstić information content (AvgIpc) is 2.64. The van der Waals surface area contributed by atoms with E-state index in [1.54, 1.807) is 0 Å². The molecule has 2 aromatic rings. The quantitative estimate of drug-likeness (QED) is 0.803. The van der Waals surface area contributed by atoms with Crippen molar-refractivity contribution in [3.05, 3.63) is 64.2 Å². The highest BCUT2D eigenvalue weighted by Crippen LogP contribution is 2.19. The molecule has 27 heavy (non-hydrogen) atoms.